The van der Waals surface area contributed by atoms with Crippen LogP contribution in [0.1, 0.15) is 23.7 Å². The van der Waals surface area contributed by atoms with Gasteiger partial charge in [0.15, 0.2) is 5.78 Å². The van der Waals surface area contributed by atoms with E-state index in [2.05, 4.69) is 10.3 Å². The lowest BCUT2D eigenvalue weighted by Crippen LogP contribution is -2.37. The molecule has 0 saturated heterocycles. The SMILES string of the molecule is CCCNC(=O)CN(C)CC(=O)c1c(-c2ccc(F)cc2)[nH]c2ccccc12. The quantitative estimate of drug-likeness (QED) is 0.586. The number of rotatable bonds is 8. The fourth-order valence-electron chi connectivity index (χ4n) is 3.21. The predicted octanol–water partition coefficient (Wildman–Crippen LogP) is 3.61. The number of aromatic amines is 1. The van der Waals surface area contributed by atoms with Crippen LogP contribution in [0.15, 0.2) is 48.5 Å². The van der Waals surface area contributed by atoms with E-state index in [1.54, 1.807) is 24.1 Å². The van der Waals surface area contributed by atoms with Crippen molar-refractivity contribution in [3.63, 3.8) is 0 Å². The van der Waals surface area contributed by atoms with Crippen LogP contribution >= 0.6 is 0 Å². The summed E-state index contributed by atoms with van der Waals surface area (Å²) in [5, 5.41) is 3.63. The van der Waals surface area contributed by atoms with E-state index >= 15 is 0 Å². The van der Waals surface area contributed by atoms with Gasteiger partial charge >= 0.3 is 0 Å². The molecule has 146 valence electrons. The Labute approximate surface area is 163 Å². The average Bonchev–Trinajstić information content (AvgIpc) is 3.06. The molecule has 0 bridgehead atoms. The van der Waals surface area contributed by atoms with Crippen molar-refractivity contribution in [3.8, 4) is 11.3 Å². The maximum atomic E-state index is 13.3. The number of Topliss-reactive ketones (excluding diaryl/α,β-unsaturated/α-hetero) is 1. The first kappa shape index (κ1) is 19.8. The van der Waals surface area contributed by atoms with Gasteiger partial charge < -0.3 is 10.3 Å². The standard InChI is InChI=1S/C22H24FN3O2/c1-3-12-24-20(28)14-26(2)13-19(27)21-17-6-4-5-7-18(17)25-22(21)15-8-10-16(23)11-9-15/h4-11,25H,3,12-14H2,1-2H3,(H,24,28). The van der Waals surface area contributed by atoms with Gasteiger partial charge in [0.25, 0.3) is 0 Å². The van der Waals surface area contributed by atoms with Crippen molar-refractivity contribution in [3.05, 3.63) is 59.9 Å². The smallest absolute Gasteiger partial charge is 0.234 e. The van der Waals surface area contributed by atoms with Crippen molar-refractivity contribution in [2.24, 2.45) is 0 Å². The zero-order valence-corrected chi connectivity index (χ0v) is 16.1. The number of benzene rings is 2. The maximum Gasteiger partial charge on any atom is 0.234 e. The first-order valence-corrected chi connectivity index (χ1v) is 9.34. The summed E-state index contributed by atoms with van der Waals surface area (Å²) >= 11 is 0. The summed E-state index contributed by atoms with van der Waals surface area (Å²) in [6.45, 7) is 2.87. The minimum Gasteiger partial charge on any atom is -0.355 e. The summed E-state index contributed by atoms with van der Waals surface area (Å²) in [6.07, 6.45) is 0.866. The highest BCUT2D eigenvalue weighted by atomic mass is 19.1. The summed E-state index contributed by atoms with van der Waals surface area (Å²) in [5.41, 5.74) is 2.80. The van der Waals surface area contributed by atoms with Gasteiger partial charge in [0, 0.05) is 17.4 Å². The zero-order chi connectivity index (χ0) is 20.1. The minimum absolute atomic E-state index is 0.0948. The van der Waals surface area contributed by atoms with E-state index in [0.29, 0.717) is 17.8 Å². The van der Waals surface area contributed by atoms with Crippen molar-refractivity contribution in [1.82, 2.24) is 15.2 Å². The number of halogens is 1. The second-order valence-corrected chi connectivity index (χ2v) is 6.87. The van der Waals surface area contributed by atoms with Crippen molar-refractivity contribution in [2.75, 3.05) is 26.7 Å². The number of nitrogens with one attached hydrogen (secondary N) is 2. The molecule has 5 nitrogen and oxygen atoms in total. The third kappa shape index (κ3) is 4.46. The molecular weight excluding hydrogens is 357 g/mol. The van der Waals surface area contributed by atoms with E-state index in [1.807, 2.05) is 31.2 Å². The van der Waals surface area contributed by atoms with Crippen LogP contribution in [0.25, 0.3) is 22.2 Å². The van der Waals surface area contributed by atoms with Crippen LogP contribution in [0.5, 0.6) is 0 Å². The van der Waals surface area contributed by atoms with E-state index in [9.17, 15) is 14.0 Å². The van der Waals surface area contributed by atoms with Crippen LogP contribution in [0.2, 0.25) is 0 Å². The number of carbonyl (C=O) groups is 2. The van der Waals surface area contributed by atoms with Crippen LogP contribution in [0.4, 0.5) is 4.39 Å². The second-order valence-electron chi connectivity index (χ2n) is 6.87. The molecule has 0 aliphatic rings. The number of likely N-dealkylation sites (N-methyl/N-ethyl adjacent to an activating group) is 1. The summed E-state index contributed by atoms with van der Waals surface area (Å²) in [4.78, 5) is 30.0. The molecule has 0 unspecified atom stereocenters. The molecule has 1 heterocycles. The molecule has 0 fully saturated rings. The van der Waals surface area contributed by atoms with Crippen LogP contribution in [-0.4, -0.2) is 48.3 Å². The van der Waals surface area contributed by atoms with E-state index in [1.165, 1.54) is 12.1 Å². The van der Waals surface area contributed by atoms with Gasteiger partial charge in [-0.1, -0.05) is 25.1 Å². The molecule has 0 saturated carbocycles. The average molecular weight is 381 g/mol. The van der Waals surface area contributed by atoms with E-state index in [-0.39, 0.29) is 30.6 Å². The third-order valence-corrected chi connectivity index (χ3v) is 4.52. The largest absolute Gasteiger partial charge is 0.355 e. The Kier molecular flexibility index (Phi) is 6.21. The summed E-state index contributed by atoms with van der Waals surface area (Å²) in [6, 6.07) is 13.6. The van der Waals surface area contributed by atoms with Crippen molar-refractivity contribution in [1.29, 1.82) is 0 Å². The molecule has 1 amide bonds. The lowest BCUT2D eigenvalue weighted by Gasteiger charge is -2.16. The number of ketones is 1. The van der Waals surface area contributed by atoms with Gasteiger partial charge in [-0.2, -0.15) is 0 Å². The van der Waals surface area contributed by atoms with Crippen LogP contribution in [0, 0.1) is 5.82 Å². The first-order chi connectivity index (χ1) is 13.5. The summed E-state index contributed by atoms with van der Waals surface area (Å²) in [7, 11) is 1.75. The Bertz CT molecular complexity index is 979. The molecule has 2 N–H and O–H groups in total. The summed E-state index contributed by atoms with van der Waals surface area (Å²) in [5.74, 6) is -0.525. The molecule has 3 rings (SSSR count). The molecule has 0 aliphatic carbocycles. The lowest BCUT2D eigenvalue weighted by molar-refractivity contribution is -0.121. The van der Waals surface area contributed by atoms with Crippen molar-refractivity contribution in [2.45, 2.75) is 13.3 Å². The number of para-hydroxylation sites is 1. The zero-order valence-electron chi connectivity index (χ0n) is 16.1. The van der Waals surface area contributed by atoms with Crippen LogP contribution in [0.3, 0.4) is 0 Å². The van der Waals surface area contributed by atoms with Gasteiger partial charge in [0.2, 0.25) is 5.91 Å². The van der Waals surface area contributed by atoms with Gasteiger partial charge in [-0.25, -0.2) is 4.39 Å². The van der Waals surface area contributed by atoms with Gasteiger partial charge in [0.1, 0.15) is 5.82 Å². The number of aromatic nitrogens is 1. The lowest BCUT2D eigenvalue weighted by atomic mass is 10.0. The number of carbonyl (C=O) groups excluding carboxylic acids is 2. The summed E-state index contributed by atoms with van der Waals surface area (Å²) < 4.78 is 13.3. The maximum absolute atomic E-state index is 13.3. The molecule has 0 aliphatic heterocycles. The number of fused-ring (bicyclic) bond motifs is 1. The molecule has 6 heteroatoms. The highest BCUT2D eigenvalue weighted by Crippen LogP contribution is 2.31. The number of nitrogens with zero attached hydrogens (tertiary/aromatic N) is 1. The third-order valence-electron chi connectivity index (χ3n) is 4.52. The van der Waals surface area contributed by atoms with Gasteiger partial charge in [-0.15, -0.1) is 0 Å². The molecule has 2 aromatic carbocycles. The van der Waals surface area contributed by atoms with Gasteiger partial charge in [-0.05, 0) is 49.4 Å². The Hall–Kier alpha value is -2.99. The molecule has 0 spiro atoms. The van der Waals surface area contributed by atoms with E-state index in [4.69, 9.17) is 0 Å². The molecule has 0 atom stereocenters. The highest BCUT2D eigenvalue weighted by Gasteiger charge is 2.21. The number of amides is 1. The van der Waals surface area contributed by atoms with Crippen molar-refractivity contribution >= 4 is 22.6 Å². The van der Waals surface area contributed by atoms with E-state index in [0.717, 1.165) is 22.9 Å². The van der Waals surface area contributed by atoms with Gasteiger partial charge in [0.05, 0.1) is 24.3 Å². The Balaban J connectivity index is 1.88. The van der Waals surface area contributed by atoms with E-state index < -0.39 is 0 Å². The van der Waals surface area contributed by atoms with Crippen molar-refractivity contribution < 1.29 is 14.0 Å². The first-order valence-electron chi connectivity index (χ1n) is 9.34. The molecule has 28 heavy (non-hydrogen) atoms. The fourth-order valence-corrected chi connectivity index (χ4v) is 3.21. The Morgan fingerprint density at radius 1 is 1.07 bits per heavy atom. The normalized spacial score (nSPS) is 11.1. The van der Waals surface area contributed by atoms with Crippen LogP contribution < -0.4 is 5.32 Å². The predicted molar refractivity (Wildman–Crippen MR) is 109 cm³/mol. The van der Waals surface area contributed by atoms with Crippen LogP contribution in [-0.2, 0) is 4.79 Å². The number of H-pyrrole nitrogens is 1. The fraction of sp³-hybridized carbons (Fsp3) is 0.273. The minimum atomic E-state index is -0.328. The number of hydrogen-bond acceptors (Lipinski definition) is 3. The number of hydrogen-bond donors (Lipinski definition) is 2. The molecule has 0 radical (unpaired) electrons. The highest BCUT2D eigenvalue weighted by molar-refractivity contribution is 6.14. The molecule has 1 aromatic heterocycles. The topological polar surface area (TPSA) is 65.2 Å². The molecular formula is C22H24FN3O2. The molecule has 3 aromatic rings. The second kappa shape index (κ2) is 8.80. The van der Waals surface area contributed by atoms with Gasteiger partial charge in [-0.3, -0.25) is 14.5 Å². The monoisotopic (exact) mass is 381 g/mol. The Morgan fingerprint density at radius 3 is 2.50 bits per heavy atom. The Morgan fingerprint density at radius 2 is 1.79 bits per heavy atom.